The van der Waals surface area contributed by atoms with E-state index >= 15 is 0 Å². The molecule has 1 heterocycles. The zero-order chi connectivity index (χ0) is 54.8. The normalized spacial score (nSPS) is 15.2. The molecule has 19 N–H and O–H groups in total. The number of aromatic nitrogens is 2. The lowest BCUT2D eigenvalue weighted by Gasteiger charge is -2.29. The summed E-state index contributed by atoms with van der Waals surface area (Å²) in [7, 11) is 0. The van der Waals surface area contributed by atoms with Crippen LogP contribution >= 0.6 is 0 Å². The molecule has 0 fully saturated rings. The number of guanidine groups is 1. The van der Waals surface area contributed by atoms with E-state index in [2.05, 4.69) is 52.2 Å². The van der Waals surface area contributed by atoms with Crippen LogP contribution in [-0.4, -0.2) is 168 Å². The molecule has 0 saturated carbocycles. The van der Waals surface area contributed by atoms with Crippen molar-refractivity contribution in [2.24, 2.45) is 34.0 Å². The fraction of sp³-hybridized carbons (Fsp3) is 0.651. The molecule has 0 aliphatic carbocycles. The van der Waals surface area contributed by atoms with Crippen molar-refractivity contribution in [2.75, 3.05) is 6.54 Å². The maximum atomic E-state index is 14.2. The molecule has 1 aromatic rings. The van der Waals surface area contributed by atoms with Crippen LogP contribution in [0.4, 0.5) is 0 Å². The summed E-state index contributed by atoms with van der Waals surface area (Å²) >= 11 is 0. The number of aliphatic hydroxyl groups is 1. The van der Waals surface area contributed by atoms with Gasteiger partial charge in [0.15, 0.2) is 5.96 Å². The first-order valence-electron chi connectivity index (χ1n) is 23.1. The third-order valence-electron chi connectivity index (χ3n) is 10.9. The molecule has 0 spiro atoms. The molecule has 0 unspecified atom stereocenters. The van der Waals surface area contributed by atoms with Gasteiger partial charge in [0.1, 0.15) is 42.3 Å². The predicted molar refractivity (Wildman–Crippen MR) is 253 cm³/mol. The number of aliphatic hydroxyl groups excluding tert-OH is 1. The lowest BCUT2D eigenvalue weighted by atomic mass is 9.96. The fourth-order valence-electron chi connectivity index (χ4n) is 6.74. The van der Waals surface area contributed by atoms with Gasteiger partial charge in [-0.15, -0.1) is 0 Å². The Morgan fingerprint density at radius 1 is 0.611 bits per heavy atom. The summed E-state index contributed by atoms with van der Waals surface area (Å²) in [6, 6.07) is -12.6. The molecular weight excluding hydrogens is 955 g/mol. The average Bonchev–Trinajstić information content (AvgIpc) is 3.81. The van der Waals surface area contributed by atoms with Crippen molar-refractivity contribution >= 4 is 71.2 Å². The second-order valence-electron chi connectivity index (χ2n) is 17.5. The summed E-state index contributed by atoms with van der Waals surface area (Å²) in [5.41, 5.74) is 16.8. The highest BCUT2D eigenvalue weighted by atomic mass is 16.4. The van der Waals surface area contributed by atoms with Crippen LogP contribution < -0.4 is 54.4 Å². The second kappa shape index (κ2) is 31.7. The van der Waals surface area contributed by atoms with Gasteiger partial charge in [-0.25, -0.2) is 9.78 Å². The standard InChI is InChI=1S/C43H71N13O16/c1-6-21(4)33(40(69)51-26(10-13-31(60)61)37(66)54-29(42(71)72)16-20(2)3)55-39(68)28(17-23-18-47-19-49-23)53-36(65)25(9-12-30(58)59)52-41(70)34(22(5)57)56-38(67)27(11-14-32(62)63)50-35(64)24(44)8-7-15-48-43(45)46/h18-22,24-29,33-34,57H,6-17,44H2,1-5H3,(H,47,49)(H,50,64)(H,51,69)(H,52,70)(H,53,65)(H,54,66)(H,55,68)(H,56,67)(H,58,59)(H,60,61)(H,62,63)(H,71,72)(H4,45,46,48)/t21-,22+,24-,25-,26-,27-,28-,29-,33-,34-/m0/s1. The molecule has 0 bridgehead atoms. The van der Waals surface area contributed by atoms with E-state index in [0.29, 0.717) is 0 Å². The lowest BCUT2D eigenvalue weighted by Crippen LogP contribution is -2.62. The summed E-state index contributed by atoms with van der Waals surface area (Å²) in [4.78, 5) is 153. The number of hydrogen-bond donors (Lipinski definition) is 16. The van der Waals surface area contributed by atoms with Gasteiger partial charge >= 0.3 is 23.9 Å². The van der Waals surface area contributed by atoms with Gasteiger partial charge in [0.25, 0.3) is 0 Å². The number of carbonyl (C=O) groups excluding carboxylic acids is 7. The van der Waals surface area contributed by atoms with Gasteiger partial charge in [0.05, 0.1) is 18.5 Å². The third kappa shape index (κ3) is 23.9. The minimum absolute atomic E-state index is 0.00730. The fourth-order valence-corrected chi connectivity index (χ4v) is 6.74. The number of carbonyl (C=O) groups is 11. The molecule has 10 atom stereocenters. The van der Waals surface area contributed by atoms with E-state index in [1.165, 1.54) is 12.5 Å². The number of imidazole rings is 1. The summed E-state index contributed by atoms with van der Waals surface area (Å²) in [5.74, 6) is -14.0. The van der Waals surface area contributed by atoms with Crippen molar-refractivity contribution in [1.82, 2.24) is 47.2 Å². The minimum Gasteiger partial charge on any atom is -0.481 e. The van der Waals surface area contributed by atoms with Crippen LogP contribution in [0.1, 0.15) is 105 Å². The van der Waals surface area contributed by atoms with Crippen molar-refractivity contribution < 1.29 is 78.3 Å². The quantitative estimate of drug-likeness (QED) is 0.0174. The van der Waals surface area contributed by atoms with Crippen molar-refractivity contribution in [1.29, 1.82) is 0 Å². The van der Waals surface area contributed by atoms with Crippen molar-refractivity contribution in [3.05, 3.63) is 18.2 Å². The molecule has 404 valence electrons. The Kier molecular flexibility index (Phi) is 27.6. The zero-order valence-electron chi connectivity index (χ0n) is 40.8. The molecule has 7 amide bonds. The molecular formula is C43H71N13O16. The molecule has 0 aliphatic rings. The Hall–Kier alpha value is -7.43. The molecule has 1 aromatic heterocycles. The van der Waals surface area contributed by atoms with Crippen LogP contribution in [0.5, 0.6) is 0 Å². The summed E-state index contributed by atoms with van der Waals surface area (Å²) in [6.07, 6.45) is -2.59. The maximum Gasteiger partial charge on any atom is 0.326 e. The number of amides is 7. The summed E-state index contributed by atoms with van der Waals surface area (Å²) in [5, 5.41) is 65.1. The molecule has 29 heteroatoms. The third-order valence-corrected chi connectivity index (χ3v) is 10.9. The highest BCUT2D eigenvalue weighted by Crippen LogP contribution is 2.13. The van der Waals surface area contributed by atoms with Crippen LogP contribution in [0.25, 0.3) is 0 Å². The number of carboxylic acids is 4. The number of hydrogen-bond acceptors (Lipinski definition) is 15. The highest BCUT2D eigenvalue weighted by molar-refractivity contribution is 5.98. The van der Waals surface area contributed by atoms with Crippen LogP contribution in [0.3, 0.4) is 0 Å². The van der Waals surface area contributed by atoms with E-state index in [1.54, 1.807) is 27.7 Å². The largest absolute Gasteiger partial charge is 0.481 e. The van der Waals surface area contributed by atoms with Crippen LogP contribution in [-0.2, 0) is 59.2 Å². The monoisotopic (exact) mass is 1030 g/mol. The second-order valence-corrected chi connectivity index (χ2v) is 17.5. The van der Waals surface area contributed by atoms with Gasteiger partial charge in [0.2, 0.25) is 41.4 Å². The van der Waals surface area contributed by atoms with Crippen molar-refractivity contribution in [3.63, 3.8) is 0 Å². The molecule has 72 heavy (non-hydrogen) atoms. The first-order valence-corrected chi connectivity index (χ1v) is 23.1. The maximum absolute atomic E-state index is 14.2. The van der Waals surface area contributed by atoms with Crippen LogP contribution in [0.2, 0.25) is 0 Å². The molecule has 29 nitrogen and oxygen atoms in total. The molecule has 0 saturated heterocycles. The number of nitrogens with one attached hydrogen (secondary N) is 8. The number of carboxylic acid groups (broad SMARTS) is 4. The minimum atomic E-state index is -1.92. The Labute approximate surface area is 414 Å². The van der Waals surface area contributed by atoms with Gasteiger partial charge in [-0.3, -0.25) is 52.9 Å². The number of rotatable bonds is 35. The molecule has 0 aliphatic heterocycles. The summed E-state index contributed by atoms with van der Waals surface area (Å²) in [6.45, 7) is 7.85. The van der Waals surface area contributed by atoms with Gasteiger partial charge in [0, 0.05) is 44.1 Å². The lowest BCUT2D eigenvalue weighted by molar-refractivity contribution is -0.143. The smallest absolute Gasteiger partial charge is 0.326 e. The Bertz CT molecular complexity index is 2050. The molecule has 0 radical (unpaired) electrons. The van der Waals surface area contributed by atoms with E-state index in [-0.39, 0.29) is 56.2 Å². The van der Waals surface area contributed by atoms with E-state index in [4.69, 9.17) is 17.2 Å². The number of nitrogens with two attached hydrogens (primary N) is 3. The number of aliphatic imine (C=N–C) groups is 1. The zero-order valence-corrected chi connectivity index (χ0v) is 40.8. The van der Waals surface area contributed by atoms with Gasteiger partial charge < -0.3 is 84.9 Å². The number of H-pyrrole nitrogens is 1. The summed E-state index contributed by atoms with van der Waals surface area (Å²) < 4.78 is 0. The number of nitrogens with zero attached hydrogens (tertiary/aromatic N) is 2. The first kappa shape index (κ1) is 62.6. The average molecular weight is 1030 g/mol. The van der Waals surface area contributed by atoms with Gasteiger partial charge in [-0.1, -0.05) is 34.1 Å². The van der Waals surface area contributed by atoms with Crippen LogP contribution in [0.15, 0.2) is 17.5 Å². The van der Waals surface area contributed by atoms with E-state index in [0.717, 1.165) is 6.92 Å². The number of aliphatic carboxylic acids is 4. The highest BCUT2D eigenvalue weighted by Gasteiger charge is 2.37. The first-order chi connectivity index (χ1) is 33.7. The van der Waals surface area contributed by atoms with E-state index in [1.807, 2.05) is 0 Å². The van der Waals surface area contributed by atoms with Gasteiger partial charge in [-0.05, 0) is 57.3 Å². The van der Waals surface area contributed by atoms with E-state index < -0.39 is 164 Å². The Morgan fingerprint density at radius 3 is 1.46 bits per heavy atom. The number of aromatic amines is 1. The van der Waals surface area contributed by atoms with Crippen molar-refractivity contribution in [3.8, 4) is 0 Å². The van der Waals surface area contributed by atoms with E-state index in [9.17, 15) is 78.3 Å². The predicted octanol–water partition coefficient (Wildman–Crippen LogP) is -4.12. The topological polar surface area (TPSA) is 492 Å². The Balaban J connectivity index is 3.51. The van der Waals surface area contributed by atoms with Crippen molar-refractivity contribution in [2.45, 2.75) is 160 Å². The Morgan fingerprint density at radius 2 is 1.04 bits per heavy atom. The molecule has 1 rings (SSSR count). The van der Waals surface area contributed by atoms with Gasteiger partial charge in [-0.2, -0.15) is 0 Å². The molecule has 0 aromatic carbocycles. The SMILES string of the molecule is CC[C@H](C)[C@H](NC(=O)[C@H](Cc1cnc[nH]1)NC(=O)[C@H](CCC(=O)O)NC(=O)[C@@H](NC(=O)[C@H](CCC(=O)O)NC(=O)[C@@H](N)CCCN=C(N)N)[C@@H](C)O)C(=O)N[C@@H](CCC(=O)O)C(=O)N[C@@H](CC(C)C)C(=O)O. The van der Waals surface area contributed by atoms with Crippen LogP contribution in [0, 0.1) is 11.8 Å².